The molecule has 0 aliphatic carbocycles. The standard InChI is InChI=1S/C12H17FO2/c1-5-15-12-6-9(8(2)3)10(13)7-11(12)14-4/h6-8H,5H2,1-4H3. The van der Waals surface area contributed by atoms with E-state index in [0.717, 1.165) is 0 Å². The van der Waals surface area contributed by atoms with E-state index < -0.39 is 0 Å². The largest absolute Gasteiger partial charge is 0.493 e. The third-order valence-electron chi connectivity index (χ3n) is 2.20. The molecular weight excluding hydrogens is 195 g/mol. The van der Waals surface area contributed by atoms with Gasteiger partial charge in [-0.2, -0.15) is 0 Å². The molecule has 0 aliphatic rings. The van der Waals surface area contributed by atoms with Gasteiger partial charge in [0.15, 0.2) is 11.5 Å². The van der Waals surface area contributed by atoms with Crippen molar-refractivity contribution in [1.29, 1.82) is 0 Å². The Kier molecular flexibility index (Phi) is 3.95. The summed E-state index contributed by atoms with van der Waals surface area (Å²) in [6, 6.07) is 3.09. The highest BCUT2D eigenvalue weighted by Crippen LogP contribution is 2.33. The van der Waals surface area contributed by atoms with Gasteiger partial charge in [-0.3, -0.25) is 0 Å². The van der Waals surface area contributed by atoms with Gasteiger partial charge in [0.1, 0.15) is 5.82 Å². The lowest BCUT2D eigenvalue weighted by Gasteiger charge is -2.13. The molecule has 0 unspecified atom stereocenters. The van der Waals surface area contributed by atoms with Crippen LogP contribution in [0.15, 0.2) is 12.1 Å². The van der Waals surface area contributed by atoms with E-state index in [1.807, 2.05) is 20.8 Å². The molecule has 3 heteroatoms. The molecule has 0 bridgehead atoms. The molecule has 0 N–H and O–H groups in total. The van der Waals surface area contributed by atoms with Crippen molar-refractivity contribution in [2.24, 2.45) is 0 Å². The predicted octanol–water partition coefficient (Wildman–Crippen LogP) is 3.36. The molecule has 0 aromatic heterocycles. The Balaban J connectivity index is 3.17. The smallest absolute Gasteiger partial charge is 0.163 e. The van der Waals surface area contributed by atoms with Crippen molar-refractivity contribution in [3.63, 3.8) is 0 Å². The topological polar surface area (TPSA) is 18.5 Å². The van der Waals surface area contributed by atoms with E-state index in [-0.39, 0.29) is 11.7 Å². The lowest BCUT2D eigenvalue weighted by atomic mass is 10.0. The second-order valence-electron chi connectivity index (χ2n) is 3.61. The van der Waals surface area contributed by atoms with Gasteiger partial charge in [0.25, 0.3) is 0 Å². The summed E-state index contributed by atoms with van der Waals surface area (Å²) in [6.07, 6.45) is 0. The van der Waals surface area contributed by atoms with Crippen LogP contribution in [0.2, 0.25) is 0 Å². The first-order chi connectivity index (χ1) is 7.10. The maximum Gasteiger partial charge on any atom is 0.163 e. The van der Waals surface area contributed by atoms with E-state index in [1.165, 1.54) is 13.2 Å². The van der Waals surface area contributed by atoms with Crippen molar-refractivity contribution in [2.75, 3.05) is 13.7 Å². The van der Waals surface area contributed by atoms with Gasteiger partial charge in [-0.05, 0) is 24.5 Å². The summed E-state index contributed by atoms with van der Waals surface area (Å²) < 4.78 is 24.0. The van der Waals surface area contributed by atoms with Crippen LogP contribution >= 0.6 is 0 Å². The van der Waals surface area contributed by atoms with Crippen LogP contribution in [0.3, 0.4) is 0 Å². The molecule has 1 rings (SSSR count). The number of rotatable bonds is 4. The monoisotopic (exact) mass is 212 g/mol. The van der Waals surface area contributed by atoms with Crippen LogP contribution in [0, 0.1) is 5.82 Å². The van der Waals surface area contributed by atoms with Crippen molar-refractivity contribution < 1.29 is 13.9 Å². The van der Waals surface area contributed by atoms with Crippen LogP contribution < -0.4 is 9.47 Å². The van der Waals surface area contributed by atoms with Crippen molar-refractivity contribution in [1.82, 2.24) is 0 Å². The summed E-state index contributed by atoms with van der Waals surface area (Å²) in [7, 11) is 1.51. The van der Waals surface area contributed by atoms with Gasteiger partial charge in [0, 0.05) is 6.07 Å². The molecule has 0 fully saturated rings. The number of benzene rings is 1. The first-order valence-corrected chi connectivity index (χ1v) is 5.10. The molecule has 1 aromatic rings. The Morgan fingerprint density at radius 1 is 1.27 bits per heavy atom. The zero-order chi connectivity index (χ0) is 11.4. The molecule has 0 heterocycles. The molecular formula is C12H17FO2. The SMILES string of the molecule is CCOc1cc(C(C)C)c(F)cc1OC. The summed E-state index contributed by atoms with van der Waals surface area (Å²) >= 11 is 0. The summed E-state index contributed by atoms with van der Waals surface area (Å²) in [5.74, 6) is 0.935. The minimum absolute atomic E-state index is 0.134. The van der Waals surface area contributed by atoms with E-state index in [1.54, 1.807) is 6.07 Å². The van der Waals surface area contributed by atoms with Gasteiger partial charge in [-0.1, -0.05) is 13.8 Å². The van der Waals surface area contributed by atoms with E-state index in [9.17, 15) is 4.39 Å². The quantitative estimate of drug-likeness (QED) is 0.762. The average molecular weight is 212 g/mol. The van der Waals surface area contributed by atoms with E-state index >= 15 is 0 Å². The average Bonchev–Trinajstić information content (AvgIpc) is 2.20. The van der Waals surface area contributed by atoms with Gasteiger partial charge >= 0.3 is 0 Å². The highest BCUT2D eigenvalue weighted by atomic mass is 19.1. The van der Waals surface area contributed by atoms with Crippen LogP contribution in [-0.2, 0) is 0 Å². The van der Waals surface area contributed by atoms with E-state index in [0.29, 0.717) is 23.7 Å². The minimum Gasteiger partial charge on any atom is -0.493 e. The Bertz CT molecular complexity index is 335. The molecule has 0 amide bonds. The maximum atomic E-state index is 13.6. The Labute approximate surface area is 90.0 Å². The van der Waals surface area contributed by atoms with Crippen molar-refractivity contribution in [2.45, 2.75) is 26.7 Å². The number of halogens is 1. The van der Waals surface area contributed by atoms with Crippen LogP contribution in [0.5, 0.6) is 11.5 Å². The second kappa shape index (κ2) is 5.01. The first-order valence-electron chi connectivity index (χ1n) is 5.10. The van der Waals surface area contributed by atoms with E-state index in [4.69, 9.17) is 9.47 Å². The minimum atomic E-state index is -0.245. The van der Waals surface area contributed by atoms with Gasteiger partial charge in [-0.15, -0.1) is 0 Å². The molecule has 0 aliphatic heterocycles. The maximum absolute atomic E-state index is 13.6. The molecule has 84 valence electrons. The summed E-state index contributed by atoms with van der Waals surface area (Å²) in [6.45, 7) is 6.32. The number of hydrogen-bond acceptors (Lipinski definition) is 2. The van der Waals surface area contributed by atoms with Gasteiger partial charge < -0.3 is 9.47 Å². The summed E-state index contributed by atoms with van der Waals surface area (Å²) in [5.41, 5.74) is 0.652. The van der Waals surface area contributed by atoms with Crippen LogP contribution in [-0.4, -0.2) is 13.7 Å². The van der Waals surface area contributed by atoms with Crippen molar-refractivity contribution >= 4 is 0 Å². The zero-order valence-electron chi connectivity index (χ0n) is 9.63. The molecule has 1 aromatic carbocycles. The Hall–Kier alpha value is -1.25. The predicted molar refractivity (Wildman–Crippen MR) is 58.2 cm³/mol. The first kappa shape index (κ1) is 11.8. The van der Waals surface area contributed by atoms with Gasteiger partial charge in [-0.25, -0.2) is 4.39 Å². The van der Waals surface area contributed by atoms with Crippen molar-refractivity contribution in [3.8, 4) is 11.5 Å². The highest BCUT2D eigenvalue weighted by Gasteiger charge is 2.13. The summed E-state index contributed by atoms with van der Waals surface area (Å²) in [5, 5.41) is 0. The van der Waals surface area contributed by atoms with Crippen LogP contribution in [0.25, 0.3) is 0 Å². The zero-order valence-corrected chi connectivity index (χ0v) is 9.63. The molecule has 0 atom stereocenters. The molecule has 0 radical (unpaired) electrons. The van der Waals surface area contributed by atoms with Crippen LogP contribution in [0.4, 0.5) is 4.39 Å². The molecule has 0 saturated heterocycles. The third-order valence-corrected chi connectivity index (χ3v) is 2.20. The molecule has 0 saturated carbocycles. The Morgan fingerprint density at radius 2 is 1.93 bits per heavy atom. The van der Waals surface area contributed by atoms with Gasteiger partial charge in [0.05, 0.1) is 13.7 Å². The van der Waals surface area contributed by atoms with Crippen LogP contribution in [0.1, 0.15) is 32.3 Å². The fraction of sp³-hybridized carbons (Fsp3) is 0.500. The normalized spacial score (nSPS) is 10.5. The number of hydrogen-bond donors (Lipinski definition) is 0. The lowest BCUT2D eigenvalue weighted by Crippen LogP contribution is -2.00. The van der Waals surface area contributed by atoms with E-state index in [2.05, 4.69) is 0 Å². The Morgan fingerprint density at radius 3 is 2.40 bits per heavy atom. The summed E-state index contributed by atoms with van der Waals surface area (Å²) in [4.78, 5) is 0. The number of methoxy groups -OCH3 is 1. The highest BCUT2D eigenvalue weighted by molar-refractivity contribution is 5.44. The molecule has 2 nitrogen and oxygen atoms in total. The lowest BCUT2D eigenvalue weighted by molar-refractivity contribution is 0.308. The van der Waals surface area contributed by atoms with Gasteiger partial charge in [0.2, 0.25) is 0 Å². The fourth-order valence-electron chi connectivity index (χ4n) is 1.42. The molecule has 15 heavy (non-hydrogen) atoms. The van der Waals surface area contributed by atoms with Crippen molar-refractivity contribution in [3.05, 3.63) is 23.5 Å². The third kappa shape index (κ3) is 2.61. The molecule has 0 spiro atoms. The fourth-order valence-corrected chi connectivity index (χ4v) is 1.42. The number of ether oxygens (including phenoxy) is 2. The second-order valence-corrected chi connectivity index (χ2v) is 3.61.